The Balaban J connectivity index is 1.53. The molecule has 3 amide bonds. The van der Waals surface area contributed by atoms with Crippen molar-refractivity contribution in [3.63, 3.8) is 0 Å². The number of carboxylic acid groups (broad SMARTS) is 1. The van der Waals surface area contributed by atoms with E-state index in [1.54, 1.807) is 4.90 Å². The lowest BCUT2D eigenvalue weighted by atomic mass is 10.1. The summed E-state index contributed by atoms with van der Waals surface area (Å²) in [7, 11) is 0. The van der Waals surface area contributed by atoms with E-state index in [-0.39, 0.29) is 39.9 Å². The number of hydrogen-bond donors (Lipinski definition) is 3. The second-order valence-electron chi connectivity index (χ2n) is 8.96. The van der Waals surface area contributed by atoms with Crippen molar-refractivity contribution in [3.05, 3.63) is 70.8 Å². The number of anilines is 1. The fourth-order valence-corrected chi connectivity index (χ4v) is 4.31. The van der Waals surface area contributed by atoms with Gasteiger partial charge in [0.25, 0.3) is 0 Å². The number of rotatable bonds is 9. The van der Waals surface area contributed by atoms with Gasteiger partial charge in [0.1, 0.15) is 12.4 Å². The number of carbonyl (C=O) groups excluding carboxylic acids is 3. The van der Waals surface area contributed by atoms with Crippen LogP contribution in [0.2, 0.25) is 5.02 Å². The Labute approximate surface area is 232 Å². The number of amides is 3. The molecule has 0 bridgehead atoms. The van der Waals surface area contributed by atoms with Crippen LogP contribution in [0.3, 0.4) is 0 Å². The molecule has 0 radical (unpaired) electrons. The summed E-state index contributed by atoms with van der Waals surface area (Å²) in [4.78, 5) is 51.7. The van der Waals surface area contributed by atoms with E-state index in [1.165, 1.54) is 53.5 Å². The van der Waals surface area contributed by atoms with Crippen LogP contribution < -0.4 is 10.6 Å². The number of carbonyl (C=O) groups is 4. The molecule has 2 aromatic carbocycles. The first-order valence-electron chi connectivity index (χ1n) is 12.3. The summed E-state index contributed by atoms with van der Waals surface area (Å²) in [5.41, 5.74) is 0.457. The van der Waals surface area contributed by atoms with Crippen LogP contribution in [0.4, 0.5) is 10.1 Å². The molecule has 0 aliphatic carbocycles. The molecule has 1 saturated heterocycles. The van der Waals surface area contributed by atoms with Gasteiger partial charge in [0.2, 0.25) is 17.7 Å². The molecule has 4 rings (SSSR count). The highest BCUT2D eigenvalue weighted by Gasteiger charge is 2.27. The molecule has 1 fully saturated rings. The number of piperidine rings is 1. The van der Waals surface area contributed by atoms with Crippen molar-refractivity contribution in [2.75, 3.05) is 18.4 Å². The third kappa shape index (κ3) is 7.05. The quantitative estimate of drug-likeness (QED) is 0.332. The van der Waals surface area contributed by atoms with Crippen molar-refractivity contribution in [2.45, 2.75) is 31.7 Å². The van der Waals surface area contributed by atoms with E-state index in [0.29, 0.717) is 13.1 Å². The number of benzene rings is 2. The molecular weight excluding hydrogens is 545 g/mol. The van der Waals surface area contributed by atoms with E-state index in [4.69, 9.17) is 16.7 Å². The number of carboxylic acids is 1. The average Bonchev–Trinajstić information content (AvgIpc) is 3.49. The first-order chi connectivity index (χ1) is 19.2. The lowest BCUT2D eigenvalue weighted by Crippen LogP contribution is -2.47. The van der Waals surface area contributed by atoms with Crippen molar-refractivity contribution >= 4 is 47.1 Å². The highest BCUT2D eigenvalue weighted by atomic mass is 35.5. The number of aromatic carboxylic acids is 1. The normalized spacial score (nSPS) is 14.1. The number of likely N-dealkylation sites (tertiary alicyclic amines) is 1. The van der Waals surface area contributed by atoms with Gasteiger partial charge in [-0.2, -0.15) is 4.68 Å². The molecule has 1 aliphatic heterocycles. The van der Waals surface area contributed by atoms with Gasteiger partial charge in [-0.25, -0.2) is 9.18 Å². The smallest absolute Gasteiger partial charge is 0.335 e. The molecular formula is C26H25ClFN7O5. The van der Waals surface area contributed by atoms with Crippen molar-refractivity contribution in [3.8, 4) is 5.69 Å². The zero-order chi connectivity index (χ0) is 28.6. The molecule has 208 valence electrons. The van der Waals surface area contributed by atoms with Crippen molar-refractivity contribution < 1.29 is 28.7 Å². The number of nitrogens with zero attached hydrogens (tertiary/aromatic N) is 5. The Morgan fingerprint density at radius 2 is 1.80 bits per heavy atom. The highest BCUT2D eigenvalue weighted by Crippen LogP contribution is 2.25. The van der Waals surface area contributed by atoms with E-state index in [0.717, 1.165) is 25.3 Å². The molecule has 1 aromatic heterocycles. The average molecular weight is 570 g/mol. The molecule has 0 saturated carbocycles. The maximum Gasteiger partial charge on any atom is 0.335 e. The topological polar surface area (TPSA) is 159 Å². The second-order valence-corrected chi connectivity index (χ2v) is 9.37. The van der Waals surface area contributed by atoms with Crippen LogP contribution in [0.25, 0.3) is 11.8 Å². The summed E-state index contributed by atoms with van der Waals surface area (Å²) in [5, 5.41) is 24.8. The fourth-order valence-electron chi connectivity index (χ4n) is 4.15. The monoisotopic (exact) mass is 569 g/mol. The Morgan fingerprint density at radius 3 is 2.45 bits per heavy atom. The Hall–Kier alpha value is -4.65. The predicted molar refractivity (Wildman–Crippen MR) is 142 cm³/mol. The lowest BCUT2D eigenvalue weighted by molar-refractivity contribution is -0.135. The van der Waals surface area contributed by atoms with Gasteiger partial charge in [0.15, 0.2) is 5.82 Å². The minimum absolute atomic E-state index is 0.0301. The summed E-state index contributed by atoms with van der Waals surface area (Å²) in [5.74, 6) is -3.68. The third-order valence-electron chi connectivity index (χ3n) is 6.23. The van der Waals surface area contributed by atoms with E-state index < -0.39 is 29.6 Å². The molecule has 12 nitrogen and oxygen atoms in total. The summed E-state index contributed by atoms with van der Waals surface area (Å²) in [6.45, 7) is 1.12. The molecule has 3 aromatic rings. The standard InChI is InChI=1S/C26H25ClFN7O5/c27-19-9-10-21(35-15-29-32-33-35)18(24(19)28)8-11-22(36)31-20(14-23(37)34-12-2-1-3-13-34)25(38)30-17-6-4-16(5-7-17)26(39)40/h4-11,15,20H,1-3,12-14H2,(H,30,38)(H,31,36)(H,39,40)/b11-8+/t20-/m0/s1. The minimum Gasteiger partial charge on any atom is -0.478 e. The number of tetrazole rings is 1. The van der Waals surface area contributed by atoms with Gasteiger partial charge in [-0.1, -0.05) is 11.6 Å². The van der Waals surface area contributed by atoms with Gasteiger partial charge in [0, 0.05) is 30.4 Å². The van der Waals surface area contributed by atoms with Gasteiger partial charge < -0.3 is 20.6 Å². The molecule has 0 unspecified atom stereocenters. The molecule has 1 atom stereocenters. The predicted octanol–water partition coefficient (Wildman–Crippen LogP) is 2.69. The van der Waals surface area contributed by atoms with Gasteiger partial charge >= 0.3 is 5.97 Å². The Morgan fingerprint density at radius 1 is 1.07 bits per heavy atom. The molecule has 2 heterocycles. The van der Waals surface area contributed by atoms with E-state index in [2.05, 4.69) is 26.2 Å². The van der Waals surface area contributed by atoms with Crippen LogP contribution in [-0.2, 0) is 14.4 Å². The zero-order valence-corrected chi connectivity index (χ0v) is 21.8. The lowest BCUT2D eigenvalue weighted by Gasteiger charge is -2.28. The van der Waals surface area contributed by atoms with E-state index in [9.17, 15) is 23.6 Å². The third-order valence-corrected chi connectivity index (χ3v) is 6.52. The second kappa shape index (κ2) is 12.9. The summed E-state index contributed by atoms with van der Waals surface area (Å²) < 4.78 is 16.0. The van der Waals surface area contributed by atoms with E-state index >= 15 is 0 Å². The fraction of sp³-hybridized carbons (Fsp3) is 0.269. The van der Waals surface area contributed by atoms with Gasteiger partial charge in [0.05, 0.1) is 22.7 Å². The Kier molecular flexibility index (Phi) is 9.17. The molecule has 1 aliphatic rings. The van der Waals surface area contributed by atoms with Gasteiger partial charge in [-0.15, -0.1) is 5.10 Å². The summed E-state index contributed by atoms with van der Waals surface area (Å²) in [6.07, 6.45) is 5.82. The maximum absolute atomic E-state index is 14.8. The molecule has 3 N–H and O–H groups in total. The first kappa shape index (κ1) is 28.4. The van der Waals surface area contributed by atoms with E-state index in [1.807, 2.05) is 0 Å². The molecule has 0 spiro atoms. The van der Waals surface area contributed by atoms with Crippen LogP contribution >= 0.6 is 11.6 Å². The minimum atomic E-state index is -1.27. The number of nitrogens with one attached hydrogen (secondary N) is 2. The Bertz CT molecular complexity index is 1420. The zero-order valence-electron chi connectivity index (χ0n) is 21.1. The van der Waals surface area contributed by atoms with Crippen LogP contribution in [0.15, 0.2) is 48.8 Å². The van der Waals surface area contributed by atoms with Crippen LogP contribution in [0, 0.1) is 5.82 Å². The maximum atomic E-state index is 14.8. The van der Waals surface area contributed by atoms with Gasteiger partial charge in [-0.05, 0) is 72.2 Å². The summed E-state index contributed by atoms with van der Waals surface area (Å²) in [6, 6.07) is 6.95. The summed E-state index contributed by atoms with van der Waals surface area (Å²) >= 11 is 5.93. The van der Waals surface area contributed by atoms with Crippen LogP contribution in [0.5, 0.6) is 0 Å². The van der Waals surface area contributed by atoms with Crippen molar-refractivity contribution in [2.24, 2.45) is 0 Å². The van der Waals surface area contributed by atoms with Crippen LogP contribution in [0.1, 0.15) is 41.6 Å². The van der Waals surface area contributed by atoms with Gasteiger partial charge in [-0.3, -0.25) is 14.4 Å². The highest BCUT2D eigenvalue weighted by molar-refractivity contribution is 6.31. The SMILES string of the molecule is O=C(/C=C/c1c(-n2cnnn2)ccc(Cl)c1F)N[C@@H](CC(=O)N1CCCCC1)C(=O)Nc1ccc(C(=O)O)cc1. The molecule has 40 heavy (non-hydrogen) atoms. The van der Waals surface area contributed by atoms with Crippen LogP contribution in [-0.4, -0.2) is 73.0 Å². The van der Waals surface area contributed by atoms with Crippen molar-refractivity contribution in [1.29, 1.82) is 0 Å². The molecule has 14 heteroatoms. The van der Waals surface area contributed by atoms with Crippen molar-refractivity contribution in [1.82, 2.24) is 30.4 Å². The first-order valence-corrected chi connectivity index (χ1v) is 12.7. The largest absolute Gasteiger partial charge is 0.478 e. The number of halogens is 2. The number of hydrogen-bond acceptors (Lipinski definition) is 7. The number of aromatic nitrogens is 4.